The summed E-state index contributed by atoms with van der Waals surface area (Å²) in [6.07, 6.45) is -3.59. The minimum Gasteiger partial charge on any atom is -0.327 e. The summed E-state index contributed by atoms with van der Waals surface area (Å²) < 4.78 is 50.6. The van der Waals surface area contributed by atoms with Crippen LogP contribution in [0.1, 0.15) is 31.4 Å². The Morgan fingerprint density at radius 2 is 1.78 bits per heavy atom. The average molecular weight is 263 g/mol. The first-order valence-corrected chi connectivity index (χ1v) is 5.80. The first-order valence-electron chi connectivity index (χ1n) is 5.80. The van der Waals surface area contributed by atoms with E-state index in [-0.39, 0.29) is 18.0 Å². The highest BCUT2D eigenvalue weighted by molar-refractivity contribution is 5.27. The number of nitrogens with two attached hydrogens (primary N) is 1. The van der Waals surface area contributed by atoms with E-state index in [1.165, 1.54) is 0 Å². The molecule has 0 radical (unpaired) electrons. The van der Waals surface area contributed by atoms with Crippen LogP contribution in [-0.2, 0) is 12.6 Å². The fourth-order valence-electron chi connectivity index (χ4n) is 1.92. The van der Waals surface area contributed by atoms with Crippen LogP contribution in [0.5, 0.6) is 0 Å². The van der Waals surface area contributed by atoms with Crippen molar-refractivity contribution in [1.82, 2.24) is 0 Å². The van der Waals surface area contributed by atoms with Gasteiger partial charge in [-0.05, 0) is 42.5 Å². The minimum absolute atomic E-state index is 0.249. The zero-order chi connectivity index (χ0) is 13.9. The maximum atomic E-state index is 13.1. The van der Waals surface area contributed by atoms with E-state index in [1.807, 2.05) is 13.8 Å². The van der Waals surface area contributed by atoms with Crippen LogP contribution >= 0.6 is 0 Å². The third kappa shape index (κ3) is 4.64. The molecule has 2 N–H and O–H groups in total. The lowest BCUT2D eigenvalue weighted by Crippen LogP contribution is -2.25. The van der Waals surface area contributed by atoms with Crippen molar-refractivity contribution < 1.29 is 17.6 Å². The van der Waals surface area contributed by atoms with Crippen LogP contribution in [-0.4, -0.2) is 6.04 Å². The van der Waals surface area contributed by atoms with Crippen molar-refractivity contribution in [1.29, 1.82) is 0 Å². The van der Waals surface area contributed by atoms with E-state index in [9.17, 15) is 17.6 Å². The van der Waals surface area contributed by atoms with Gasteiger partial charge in [-0.1, -0.05) is 13.8 Å². The number of hydrogen-bond donors (Lipinski definition) is 1. The van der Waals surface area contributed by atoms with Crippen molar-refractivity contribution >= 4 is 0 Å². The summed E-state index contributed by atoms with van der Waals surface area (Å²) in [4.78, 5) is 0. The molecule has 1 rings (SSSR count). The van der Waals surface area contributed by atoms with E-state index in [1.54, 1.807) is 0 Å². The zero-order valence-corrected chi connectivity index (χ0v) is 10.4. The van der Waals surface area contributed by atoms with Gasteiger partial charge in [-0.25, -0.2) is 4.39 Å². The molecule has 0 aliphatic heterocycles. The average Bonchev–Trinajstić information content (AvgIpc) is 2.13. The topological polar surface area (TPSA) is 26.0 Å². The number of hydrogen-bond acceptors (Lipinski definition) is 1. The van der Waals surface area contributed by atoms with Crippen molar-refractivity contribution in [2.75, 3.05) is 0 Å². The molecule has 0 aliphatic carbocycles. The van der Waals surface area contributed by atoms with Gasteiger partial charge in [0.25, 0.3) is 0 Å². The van der Waals surface area contributed by atoms with Crippen molar-refractivity contribution in [3.05, 3.63) is 35.1 Å². The fraction of sp³-hybridized carbons (Fsp3) is 0.538. The maximum absolute atomic E-state index is 13.1. The maximum Gasteiger partial charge on any atom is 0.416 e. The second kappa shape index (κ2) is 5.69. The molecule has 0 fully saturated rings. The quantitative estimate of drug-likeness (QED) is 0.822. The molecule has 0 aromatic heterocycles. The van der Waals surface area contributed by atoms with E-state index in [2.05, 4.69) is 0 Å². The lowest BCUT2D eigenvalue weighted by molar-refractivity contribution is -0.137. The SMILES string of the molecule is CC(C)CC(N)Cc1cc(F)cc(C(F)(F)F)c1. The second-order valence-electron chi connectivity index (χ2n) is 4.94. The van der Waals surface area contributed by atoms with Crippen LogP contribution in [0.25, 0.3) is 0 Å². The largest absolute Gasteiger partial charge is 0.416 e. The summed E-state index contributed by atoms with van der Waals surface area (Å²) in [5, 5.41) is 0. The molecule has 102 valence electrons. The molecular formula is C13H17F4N. The Hall–Kier alpha value is -1.10. The van der Waals surface area contributed by atoms with Crippen LogP contribution in [0, 0.1) is 11.7 Å². The lowest BCUT2D eigenvalue weighted by atomic mass is 9.97. The molecule has 0 spiro atoms. The van der Waals surface area contributed by atoms with Crippen LogP contribution in [0.2, 0.25) is 0 Å². The van der Waals surface area contributed by atoms with Crippen LogP contribution < -0.4 is 5.73 Å². The van der Waals surface area contributed by atoms with E-state index in [0.29, 0.717) is 18.4 Å². The predicted octanol–water partition coefficient (Wildman–Crippen LogP) is 3.76. The molecule has 0 amide bonds. The van der Waals surface area contributed by atoms with E-state index >= 15 is 0 Å². The van der Waals surface area contributed by atoms with Gasteiger partial charge in [0.1, 0.15) is 5.82 Å². The van der Waals surface area contributed by atoms with Gasteiger partial charge in [0.15, 0.2) is 0 Å². The van der Waals surface area contributed by atoms with Crippen LogP contribution in [0.15, 0.2) is 18.2 Å². The molecule has 0 saturated carbocycles. The third-order valence-electron chi connectivity index (χ3n) is 2.56. The summed E-state index contributed by atoms with van der Waals surface area (Å²) in [6, 6.07) is 2.31. The van der Waals surface area contributed by atoms with Crippen molar-refractivity contribution in [2.24, 2.45) is 11.7 Å². The van der Waals surface area contributed by atoms with Gasteiger partial charge < -0.3 is 5.73 Å². The van der Waals surface area contributed by atoms with Crippen molar-refractivity contribution in [3.8, 4) is 0 Å². The molecule has 1 unspecified atom stereocenters. The van der Waals surface area contributed by atoms with Gasteiger partial charge in [0, 0.05) is 6.04 Å². The Bertz CT molecular complexity index is 398. The smallest absolute Gasteiger partial charge is 0.327 e. The van der Waals surface area contributed by atoms with Gasteiger partial charge in [0.2, 0.25) is 0 Å². The molecular weight excluding hydrogens is 246 g/mol. The predicted molar refractivity (Wildman–Crippen MR) is 62.5 cm³/mol. The van der Waals surface area contributed by atoms with Gasteiger partial charge in [0.05, 0.1) is 5.56 Å². The summed E-state index contributed by atoms with van der Waals surface area (Å²) in [7, 11) is 0. The van der Waals surface area contributed by atoms with Gasteiger partial charge in [-0.3, -0.25) is 0 Å². The molecule has 1 aromatic carbocycles. The standard InChI is InChI=1S/C13H17F4N/c1-8(2)3-12(18)6-9-4-10(13(15,16)17)7-11(14)5-9/h4-5,7-8,12H,3,6,18H2,1-2H3. The zero-order valence-electron chi connectivity index (χ0n) is 10.4. The number of rotatable bonds is 4. The molecule has 0 bridgehead atoms. The first kappa shape index (κ1) is 15.0. The molecule has 1 atom stereocenters. The number of benzene rings is 1. The Kier molecular flexibility index (Phi) is 4.73. The van der Waals surface area contributed by atoms with E-state index < -0.39 is 17.6 Å². The normalized spacial score (nSPS) is 14.0. The third-order valence-corrected chi connectivity index (χ3v) is 2.56. The highest BCUT2D eigenvalue weighted by Crippen LogP contribution is 2.30. The summed E-state index contributed by atoms with van der Waals surface area (Å²) >= 11 is 0. The van der Waals surface area contributed by atoms with Crippen molar-refractivity contribution in [3.63, 3.8) is 0 Å². The molecule has 0 saturated heterocycles. The van der Waals surface area contributed by atoms with E-state index in [4.69, 9.17) is 5.73 Å². The highest BCUT2D eigenvalue weighted by Gasteiger charge is 2.31. The Balaban J connectivity index is 2.87. The number of halogens is 4. The van der Waals surface area contributed by atoms with Gasteiger partial charge >= 0.3 is 6.18 Å². The Morgan fingerprint density at radius 3 is 2.28 bits per heavy atom. The lowest BCUT2D eigenvalue weighted by Gasteiger charge is -2.15. The van der Waals surface area contributed by atoms with E-state index in [0.717, 1.165) is 12.1 Å². The fourth-order valence-corrected chi connectivity index (χ4v) is 1.92. The number of alkyl halides is 3. The molecule has 0 aliphatic rings. The first-order chi connectivity index (χ1) is 8.18. The van der Waals surface area contributed by atoms with Crippen molar-refractivity contribution in [2.45, 2.75) is 38.9 Å². The van der Waals surface area contributed by atoms with Gasteiger partial charge in [-0.2, -0.15) is 13.2 Å². The van der Waals surface area contributed by atoms with Crippen LogP contribution in [0.4, 0.5) is 17.6 Å². The van der Waals surface area contributed by atoms with Gasteiger partial charge in [-0.15, -0.1) is 0 Å². The summed E-state index contributed by atoms with van der Waals surface area (Å²) in [5.41, 5.74) is 5.14. The Labute approximate surface area is 104 Å². The van der Waals surface area contributed by atoms with Crippen LogP contribution in [0.3, 0.4) is 0 Å². The molecule has 0 heterocycles. The minimum atomic E-state index is -4.53. The highest BCUT2D eigenvalue weighted by atomic mass is 19.4. The molecule has 1 nitrogen and oxygen atoms in total. The summed E-state index contributed by atoms with van der Waals surface area (Å²) in [5.74, 6) is -0.521. The second-order valence-corrected chi connectivity index (χ2v) is 4.94. The molecule has 18 heavy (non-hydrogen) atoms. The monoisotopic (exact) mass is 263 g/mol. The summed E-state index contributed by atoms with van der Waals surface area (Å²) in [6.45, 7) is 3.96. The molecule has 1 aromatic rings. The Morgan fingerprint density at radius 1 is 1.17 bits per heavy atom. The molecule has 5 heteroatoms.